The van der Waals surface area contributed by atoms with Gasteiger partial charge in [0.15, 0.2) is 0 Å². The third kappa shape index (κ3) is 3.21. The summed E-state index contributed by atoms with van der Waals surface area (Å²) < 4.78 is 13.9. The third-order valence-corrected chi connectivity index (χ3v) is 5.11. The van der Waals surface area contributed by atoms with Gasteiger partial charge >= 0.3 is 7.12 Å². The van der Waals surface area contributed by atoms with E-state index in [9.17, 15) is 4.79 Å². The Kier molecular flexibility index (Phi) is 4.25. The number of aryl methyl sites for hydroxylation is 2. The molecule has 2 aromatic rings. The fourth-order valence-electron chi connectivity index (χ4n) is 2.69. The van der Waals surface area contributed by atoms with Gasteiger partial charge in [-0.2, -0.15) is 5.10 Å². The number of carbonyl (C=O) groups excluding carboxylic acids is 1. The molecule has 132 valence electrons. The van der Waals surface area contributed by atoms with E-state index in [1.54, 1.807) is 30.1 Å². The molecule has 25 heavy (non-hydrogen) atoms. The van der Waals surface area contributed by atoms with Crippen LogP contribution in [0.1, 0.15) is 43.6 Å². The summed E-state index contributed by atoms with van der Waals surface area (Å²) in [5.74, 6) is 0.448. The van der Waals surface area contributed by atoms with E-state index in [0.717, 1.165) is 11.0 Å². The Morgan fingerprint density at radius 3 is 2.36 bits per heavy atom. The van der Waals surface area contributed by atoms with Crippen LogP contribution < -0.4 is 10.8 Å². The summed E-state index contributed by atoms with van der Waals surface area (Å²) in [7, 11) is 1.29. The summed E-state index contributed by atoms with van der Waals surface area (Å²) in [6.07, 6.45) is 1.64. The van der Waals surface area contributed by atoms with Crippen molar-refractivity contribution >= 4 is 24.3 Å². The summed E-state index contributed by atoms with van der Waals surface area (Å²) >= 11 is 0. The molecule has 2 heterocycles. The molecule has 1 fully saturated rings. The van der Waals surface area contributed by atoms with E-state index >= 15 is 0 Å². The minimum atomic E-state index is -0.491. The zero-order valence-electron chi connectivity index (χ0n) is 15.6. The van der Waals surface area contributed by atoms with E-state index < -0.39 is 18.3 Å². The highest BCUT2D eigenvalue weighted by Gasteiger charge is 2.52. The first-order valence-electron chi connectivity index (χ1n) is 8.36. The number of nitrogens with zero attached hydrogens (tertiary/aromatic N) is 2. The van der Waals surface area contributed by atoms with E-state index in [1.165, 1.54) is 0 Å². The van der Waals surface area contributed by atoms with Crippen LogP contribution in [-0.2, 0) is 16.4 Å². The Bertz CT molecular complexity index is 798. The number of rotatable bonds is 3. The van der Waals surface area contributed by atoms with Crippen molar-refractivity contribution in [3.63, 3.8) is 0 Å². The zero-order chi connectivity index (χ0) is 18.4. The smallest absolute Gasteiger partial charge is 0.399 e. The molecule has 3 rings (SSSR count). The van der Waals surface area contributed by atoms with Crippen molar-refractivity contribution in [2.45, 2.75) is 45.8 Å². The van der Waals surface area contributed by atoms with Crippen molar-refractivity contribution in [2.24, 2.45) is 7.05 Å². The first-order chi connectivity index (χ1) is 11.6. The Morgan fingerprint density at radius 1 is 1.16 bits per heavy atom. The van der Waals surface area contributed by atoms with Gasteiger partial charge < -0.3 is 14.6 Å². The second kappa shape index (κ2) is 6.00. The van der Waals surface area contributed by atoms with Crippen LogP contribution in [-0.4, -0.2) is 34.0 Å². The summed E-state index contributed by atoms with van der Waals surface area (Å²) in [5, 5.41) is 6.91. The topological polar surface area (TPSA) is 65.4 Å². The Balaban J connectivity index is 1.87. The molecular formula is C18H24BN3O3. The van der Waals surface area contributed by atoms with Gasteiger partial charge in [0.05, 0.1) is 17.4 Å². The van der Waals surface area contributed by atoms with Crippen LogP contribution in [0.2, 0.25) is 0 Å². The lowest BCUT2D eigenvalue weighted by atomic mass is 9.75. The van der Waals surface area contributed by atoms with Crippen LogP contribution in [0.5, 0.6) is 0 Å². The zero-order valence-corrected chi connectivity index (χ0v) is 15.6. The number of amides is 1. The lowest BCUT2D eigenvalue weighted by Gasteiger charge is -2.32. The van der Waals surface area contributed by atoms with Gasteiger partial charge in [-0.1, -0.05) is 11.6 Å². The number of anilines is 1. The van der Waals surface area contributed by atoms with Gasteiger partial charge in [-0.15, -0.1) is 0 Å². The first kappa shape index (κ1) is 17.7. The van der Waals surface area contributed by atoms with Crippen molar-refractivity contribution in [2.75, 3.05) is 5.32 Å². The van der Waals surface area contributed by atoms with E-state index in [1.807, 2.05) is 46.8 Å². The van der Waals surface area contributed by atoms with Crippen LogP contribution >= 0.6 is 0 Å². The van der Waals surface area contributed by atoms with Crippen LogP contribution in [0.4, 0.5) is 5.82 Å². The predicted octanol–water partition coefficient (Wildman–Crippen LogP) is 2.28. The van der Waals surface area contributed by atoms with Gasteiger partial charge in [0.2, 0.25) is 0 Å². The Labute approximate surface area is 148 Å². The largest absolute Gasteiger partial charge is 0.495 e. The standard InChI is InChI=1S/C18H24BN3O3/c1-12-7-8-13(16(23)21-15-9-10-20-22(15)6)11-14(12)19-24-17(2,3)18(4,5)25-19/h7-11H,1-6H3,(H,21,23). The minimum absolute atomic E-state index is 0.193. The van der Waals surface area contributed by atoms with Gasteiger partial charge in [-0.3, -0.25) is 9.48 Å². The van der Waals surface area contributed by atoms with Crippen molar-refractivity contribution in [3.8, 4) is 0 Å². The van der Waals surface area contributed by atoms with E-state index in [0.29, 0.717) is 11.4 Å². The minimum Gasteiger partial charge on any atom is -0.399 e. The second-order valence-corrected chi connectivity index (χ2v) is 7.45. The quantitative estimate of drug-likeness (QED) is 0.870. The molecule has 1 saturated heterocycles. The summed E-state index contributed by atoms with van der Waals surface area (Å²) in [6.45, 7) is 10.0. The number of carbonyl (C=O) groups is 1. The number of nitrogens with one attached hydrogen (secondary N) is 1. The van der Waals surface area contributed by atoms with E-state index in [4.69, 9.17) is 9.31 Å². The molecule has 1 N–H and O–H groups in total. The maximum Gasteiger partial charge on any atom is 0.495 e. The predicted molar refractivity (Wildman–Crippen MR) is 98.1 cm³/mol. The van der Waals surface area contributed by atoms with Crippen LogP contribution in [0.3, 0.4) is 0 Å². The number of hydrogen-bond acceptors (Lipinski definition) is 4. The summed E-state index contributed by atoms with van der Waals surface area (Å²) in [6, 6.07) is 7.30. The SMILES string of the molecule is Cc1ccc(C(=O)Nc2ccnn2C)cc1B1OC(C)(C)C(C)(C)O1. The molecule has 0 unspecified atom stereocenters. The molecule has 0 atom stereocenters. The van der Waals surface area contributed by atoms with Gasteiger partial charge in [0, 0.05) is 18.7 Å². The molecule has 1 amide bonds. The molecule has 6 nitrogen and oxygen atoms in total. The van der Waals surface area contributed by atoms with Crippen LogP contribution in [0, 0.1) is 6.92 Å². The van der Waals surface area contributed by atoms with Gasteiger partial charge in [0.25, 0.3) is 5.91 Å². The molecule has 1 aromatic heterocycles. The van der Waals surface area contributed by atoms with Gasteiger partial charge in [0.1, 0.15) is 5.82 Å². The molecular weight excluding hydrogens is 317 g/mol. The van der Waals surface area contributed by atoms with E-state index in [2.05, 4.69) is 10.4 Å². The van der Waals surface area contributed by atoms with E-state index in [-0.39, 0.29) is 5.91 Å². The number of hydrogen-bond donors (Lipinski definition) is 1. The summed E-state index contributed by atoms with van der Waals surface area (Å²) in [5.41, 5.74) is 1.61. The Morgan fingerprint density at radius 2 is 1.80 bits per heavy atom. The highest BCUT2D eigenvalue weighted by atomic mass is 16.7. The number of aromatic nitrogens is 2. The van der Waals surface area contributed by atoms with Crippen molar-refractivity contribution in [1.29, 1.82) is 0 Å². The molecule has 0 spiro atoms. The highest BCUT2D eigenvalue weighted by Crippen LogP contribution is 2.36. The average Bonchev–Trinajstić information content (AvgIpc) is 3.00. The van der Waals surface area contributed by atoms with Crippen molar-refractivity contribution in [3.05, 3.63) is 41.6 Å². The Hall–Kier alpha value is -2.12. The monoisotopic (exact) mass is 341 g/mol. The molecule has 1 aromatic carbocycles. The molecule has 0 saturated carbocycles. The fourth-order valence-corrected chi connectivity index (χ4v) is 2.69. The molecule has 1 aliphatic heterocycles. The molecule has 1 aliphatic rings. The summed E-state index contributed by atoms with van der Waals surface area (Å²) in [4.78, 5) is 12.6. The second-order valence-electron chi connectivity index (χ2n) is 7.45. The normalized spacial score (nSPS) is 18.4. The molecule has 0 aliphatic carbocycles. The third-order valence-electron chi connectivity index (χ3n) is 5.11. The average molecular weight is 341 g/mol. The molecule has 0 radical (unpaired) electrons. The maximum absolute atomic E-state index is 12.6. The van der Waals surface area contributed by atoms with Crippen molar-refractivity contribution < 1.29 is 14.1 Å². The molecule has 0 bridgehead atoms. The number of benzene rings is 1. The lowest BCUT2D eigenvalue weighted by molar-refractivity contribution is 0.00578. The fraction of sp³-hybridized carbons (Fsp3) is 0.444. The first-order valence-corrected chi connectivity index (χ1v) is 8.36. The maximum atomic E-state index is 12.6. The van der Waals surface area contributed by atoms with Crippen molar-refractivity contribution in [1.82, 2.24) is 9.78 Å². The van der Waals surface area contributed by atoms with Crippen LogP contribution in [0.15, 0.2) is 30.5 Å². The van der Waals surface area contributed by atoms with Gasteiger partial charge in [-0.05, 0) is 52.2 Å². The van der Waals surface area contributed by atoms with Crippen LogP contribution in [0.25, 0.3) is 0 Å². The molecule has 7 heteroatoms. The lowest BCUT2D eigenvalue weighted by Crippen LogP contribution is -2.41. The highest BCUT2D eigenvalue weighted by molar-refractivity contribution is 6.62. The van der Waals surface area contributed by atoms with Gasteiger partial charge in [-0.25, -0.2) is 0 Å².